The summed E-state index contributed by atoms with van der Waals surface area (Å²) in [4.78, 5) is 42.7. The van der Waals surface area contributed by atoms with Gasteiger partial charge in [0.2, 0.25) is 0 Å². The highest BCUT2D eigenvalue weighted by atomic mass is 35.5. The molecule has 10 nitrogen and oxygen atoms in total. The monoisotopic (exact) mass is 706 g/mol. The first-order valence-electron chi connectivity index (χ1n) is 14.6. The molecule has 3 aromatic rings. The number of nitrogens with one attached hydrogen (secondary N) is 2. The number of piperidine rings is 1. The van der Waals surface area contributed by atoms with Crippen molar-refractivity contribution in [2.24, 2.45) is 5.92 Å². The number of nitrogens with zero attached hydrogens (tertiary/aromatic N) is 2. The molecule has 2 N–H and O–H groups in total. The number of H-pyrrole nitrogens is 1. The molecule has 16 heteroatoms. The molecule has 0 unspecified atom stereocenters. The van der Waals surface area contributed by atoms with Crippen molar-refractivity contribution in [1.29, 1.82) is 0 Å². The van der Waals surface area contributed by atoms with Crippen molar-refractivity contribution in [2.75, 3.05) is 25.4 Å². The number of amides is 1. The van der Waals surface area contributed by atoms with E-state index in [0.29, 0.717) is 43.1 Å². The second-order valence-corrected chi connectivity index (χ2v) is 15.3. The minimum atomic E-state index is -4.88. The average Bonchev–Trinajstić information content (AvgIpc) is 2.95. The summed E-state index contributed by atoms with van der Waals surface area (Å²) in [6, 6.07) is 4.56. The lowest BCUT2D eigenvalue weighted by Gasteiger charge is -2.33. The van der Waals surface area contributed by atoms with Crippen molar-refractivity contribution in [2.45, 2.75) is 70.3 Å². The van der Waals surface area contributed by atoms with E-state index in [1.54, 1.807) is 25.7 Å². The fraction of sp³-hybridized carbons (Fsp3) is 0.500. The van der Waals surface area contributed by atoms with Gasteiger partial charge in [-0.3, -0.25) is 14.3 Å². The number of sulfone groups is 1. The standard InChI is InChI=1S/C30H35Cl2F3N4O6S/c1-5-46(43,44)23-7-6-19(31)12-18(23)15-39-26(40)20-13-22(30(33,34)35)21(24(32)25(20)37-27(39)41)16-38-10-8-17(9-11-38)14-36-28(42)45-29(2,3)4/h6-7,12-13,17H,5,8-11,14-16H2,1-4H3,(H,36,42)(H,37,41). The first-order chi connectivity index (χ1) is 21.3. The van der Waals surface area contributed by atoms with Crippen LogP contribution in [0.4, 0.5) is 18.0 Å². The molecule has 1 saturated heterocycles. The van der Waals surface area contributed by atoms with E-state index in [0.717, 1.165) is 0 Å². The van der Waals surface area contributed by atoms with Crippen LogP contribution in [0.5, 0.6) is 0 Å². The molecule has 0 aliphatic carbocycles. The first kappa shape index (κ1) is 35.8. The van der Waals surface area contributed by atoms with Crippen molar-refractivity contribution in [1.82, 2.24) is 19.8 Å². The predicted octanol–water partition coefficient (Wildman–Crippen LogP) is 5.59. The summed E-state index contributed by atoms with van der Waals surface area (Å²) in [6.45, 7) is 7.14. The Kier molecular flexibility index (Phi) is 10.6. The molecule has 1 aliphatic heterocycles. The molecule has 0 atom stereocenters. The van der Waals surface area contributed by atoms with Crippen LogP contribution in [0.1, 0.15) is 57.2 Å². The Bertz CT molecular complexity index is 1860. The van der Waals surface area contributed by atoms with Crippen molar-refractivity contribution >= 4 is 50.0 Å². The van der Waals surface area contributed by atoms with Crippen molar-refractivity contribution < 1.29 is 31.1 Å². The Labute approximate surface area is 273 Å². The van der Waals surface area contributed by atoms with Crippen LogP contribution in [0.2, 0.25) is 10.0 Å². The lowest BCUT2D eigenvalue weighted by Crippen LogP contribution is -2.40. The number of hydrogen-bond acceptors (Lipinski definition) is 7. The Morgan fingerprint density at radius 1 is 1.09 bits per heavy atom. The third-order valence-electron chi connectivity index (χ3n) is 7.71. The minimum Gasteiger partial charge on any atom is -0.444 e. The van der Waals surface area contributed by atoms with Gasteiger partial charge in [-0.1, -0.05) is 30.1 Å². The summed E-state index contributed by atoms with van der Waals surface area (Å²) in [5, 5.41) is 1.99. The Balaban J connectivity index is 1.64. The molecule has 1 aliphatic rings. The molecular formula is C30H35Cl2F3N4O6S. The van der Waals surface area contributed by atoms with Gasteiger partial charge < -0.3 is 15.0 Å². The zero-order valence-electron chi connectivity index (χ0n) is 25.7. The molecule has 252 valence electrons. The number of rotatable bonds is 8. The summed E-state index contributed by atoms with van der Waals surface area (Å²) >= 11 is 12.6. The molecule has 0 radical (unpaired) electrons. The Morgan fingerprint density at radius 2 is 1.74 bits per heavy atom. The first-order valence-corrected chi connectivity index (χ1v) is 17.0. The van der Waals surface area contributed by atoms with Gasteiger partial charge >= 0.3 is 18.0 Å². The van der Waals surface area contributed by atoms with E-state index in [2.05, 4.69) is 10.3 Å². The van der Waals surface area contributed by atoms with Crippen molar-refractivity contribution in [3.05, 3.63) is 71.8 Å². The van der Waals surface area contributed by atoms with Gasteiger partial charge in [0.05, 0.1) is 38.7 Å². The number of alkyl halides is 3. The van der Waals surface area contributed by atoms with Crippen LogP contribution in [-0.2, 0) is 33.8 Å². The summed E-state index contributed by atoms with van der Waals surface area (Å²) in [6.07, 6.45) is -4.22. The molecular weight excluding hydrogens is 672 g/mol. The number of alkyl carbamates (subject to hydrolysis) is 1. The van der Waals surface area contributed by atoms with Gasteiger partial charge in [-0.15, -0.1) is 0 Å². The van der Waals surface area contributed by atoms with Crippen LogP contribution >= 0.6 is 23.2 Å². The maximum atomic E-state index is 14.4. The van der Waals surface area contributed by atoms with Crippen LogP contribution in [0.3, 0.4) is 0 Å². The summed E-state index contributed by atoms with van der Waals surface area (Å²) in [5.74, 6) is -0.168. The lowest BCUT2D eigenvalue weighted by molar-refractivity contribution is -0.138. The van der Waals surface area contributed by atoms with E-state index in [9.17, 15) is 36.0 Å². The highest BCUT2D eigenvalue weighted by molar-refractivity contribution is 7.91. The van der Waals surface area contributed by atoms with Gasteiger partial charge in [0.1, 0.15) is 5.60 Å². The average molecular weight is 708 g/mol. The number of ether oxygens (including phenoxy) is 1. The number of carbonyl (C=O) groups is 1. The highest BCUT2D eigenvalue weighted by Crippen LogP contribution is 2.39. The van der Waals surface area contributed by atoms with E-state index in [-0.39, 0.29) is 44.8 Å². The molecule has 2 heterocycles. The molecule has 0 spiro atoms. The Morgan fingerprint density at radius 3 is 2.33 bits per heavy atom. The maximum Gasteiger partial charge on any atom is 0.416 e. The van der Waals surface area contributed by atoms with Crippen LogP contribution < -0.4 is 16.6 Å². The molecule has 0 bridgehead atoms. The topological polar surface area (TPSA) is 131 Å². The van der Waals surface area contributed by atoms with E-state index in [4.69, 9.17) is 27.9 Å². The molecule has 0 saturated carbocycles. The summed E-state index contributed by atoms with van der Waals surface area (Å²) in [5.41, 5.74) is -4.32. The van der Waals surface area contributed by atoms with Crippen LogP contribution in [0, 0.1) is 5.92 Å². The number of likely N-dealkylation sites (tertiary alicyclic amines) is 1. The fourth-order valence-electron chi connectivity index (χ4n) is 5.36. The van der Waals surface area contributed by atoms with Gasteiger partial charge in [0.15, 0.2) is 9.84 Å². The number of fused-ring (bicyclic) bond motifs is 1. The van der Waals surface area contributed by atoms with Gasteiger partial charge in [0.25, 0.3) is 5.56 Å². The highest BCUT2D eigenvalue weighted by Gasteiger charge is 2.37. The smallest absolute Gasteiger partial charge is 0.416 e. The third-order valence-corrected chi connectivity index (χ3v) is 10.2. The van der Waals surface area contributed by atoms with Crippen LogP contribution in [-0.4, -0.2) is 60.0 Å². The van der Waals surface area contributed by atoms with E-state index in [1.807, 2.05) is 0 Å². The van der Waals surface area contributed by atoms with Gasteiger partial charge in [-0.05, 0) is 88.0 Å². The SMILES string of the molecule is CCS(=O)(=O)c1ccc(Cl)cc1Cn1c(=O)[nH]c2c(Cl)c(CN3CCC(CNC(=O)OC(C)(C)C)CC3)c(C(F)(F)F)cc2c1=O. The molecule has 1 amide bonds. The Hall–Kier alpha value is -3.07. The number of benzene rings is 2. The third kappa shape index (κ3) is 8.25. The lowest BCUT2D eigenvalue weighted by atomic mass is 9.95. The summed E-state index contributed by atoms with van der Waals surface area (Å²) in [7, 11) is -3.79. The quantitative estimate of drug-likeness (QED) is 0.312. The van der Waals surface area contributed by atoms with Crippen molar-refractivity contribution in [3.8, 4) is 0 Å². The number of halogens is 5. The molecule has 46 heavy (non-hydrogen) atoms. The van der Waals surface area contributed by atoms with Crippen molar-refractivity contribution in [3.63, 3.8) is 0 Å². The second kappa shape index (κ2) is 13.6. The second-order valence-electron chi connectivity index (χ2n) is 12.2. The number of carbonyl (C=O) groups excluding carboxylic acids is 1. The van der Waals surface area contributed by atoms with Gasteiger partial charge in [0, 0.05) is 18.1 Å². The van der Waals surface area contributed by atoms with E-state index < -0.39 is 61.5 Å². The number of hydrogen-bond donors (Lipinski definition) is 2. The molecule has 1 aromatic heterocycles. The van der Waals surface area contributed by atoms with E-state index in [1.165, 1.54) is 25.1 Å². The summed E-state index contributed by atoms with van der Waals surface area (Å²) < 4.78 is 74.4. The zero-order chi connectivity index (χ0) is 34.2. The van der Waals surface area contributed by atoms with Gasteiger partial charge in [-0.25, -0.2) is 18.0 Å². The van der Waals surface area contributed by atoms with Crippen LogP contribution in [0.25, 0.3) is 10.9 Å². The molecule has 1 fully saturated rings. The number of aromatic amines is 1. The van der Waals surface area contributed by atoms with E-state index >= 15 is 0 Å². The normalized spacial score (nSPS) is 15.3. The minimum absolute atomic E-state index is 0.0322. The molecule has 2 aromatic carbocycles. The maximum absolute atomic E-state index is 14.4. The fourth-order valence-corrected chi connectivity index (χ4v) is 6.97. The van der Waals surface area contributed by atoms with Crippen LogP contribution in [0.15, 0.2) is 38.8 Å². The number of aromatic nitrogens is 2. The largest absolute Gasteiger partial charge is 0.444 e. The van der Waals surface area contributed by atoms with Gasteiger partial charge in [-0.2, -0.15) is 13.2 Å². The zero-order valence-corrected chi connectivity index (χ0v) is 28.0. The molecule has 4 rings (SSSR count). The predicted molar refractivity (Wildman–Crippen MR) is 169 cm³/mol.